The molecule has 0 aliphatic carbocycles. The van der Waals surface area contributed by atoms with E-state index >= 15 is 0 Å². The van der Waals surface area contributed by atoms with Crippen molar-refractivity contribution in [3.8, 4) is 12.3 Å². The van der Waals surface area contributed by atoms with Gasteiger partial charge in [-0.3, -0.25) is 9.48 Å². The second-order valence-electron chi connectivity index (χ2n) is 4.03. The second-order valence-corrected chi connectivity index (χ2v) is 4.03. The molecule has 0 atom stereocenters. The van der Waals surface area contributed by atoms with Crippen LogP contribution in [-0.4, -0.2) is 34.8 Å². The SMILES string of the molecule is C#CCNC(=O)COC(=O)c1ccc(Cn2cccn2)o1. The summed E-state index contributed by atoms with van der Waals surface area (Å²) in [6.07, 6.45) is 8.41. The molecule has 2 aromatic heterocycles. The van der Waals surface area contributed by atoms with Gasteiger partial charge in [-0.25, -0.2) is 4.79 Å². The Morgan fingerprint density at radius 1 is 1.48 bits per heavy atom. The number of aromatic nitrogens is 2. The van der Waals surface area contributed by atoms with E-state index < -0.39 is 18.5 Å². The molecule has 0 radical (unpaired) electrons. The van der Waals surface area contributed by atoms with Gasteiger partial charge in [-0.2, -0.15) is 5.10 Å². The van der Waals surface area contributed by atoms with Crippen LogP contribution in [0.5, 0.6) is 0 Å². The Kier molecular flexibility index (Phi) is 4.77. The Morgan fingerprint density at radius 3 is 3.05 bits per heavy atom. The van der Waals surface area contributed by atoms with Gasteiger partial charge in [-0.05, 0) is 18.2 Å². The Balaban J connectivity index is 1.84. The van der Waals surface area contributed by atoms with E-state index in [9.17, 15) is 9.59 Å². The summed E-state index contributed by atoms with van der Waals surface area (Å²) >= 11 is 0. The Bertz CT molecular complexity index is 652. The first kappa shape index (κ1) is 14.4. The van der Waals surface area contributed by atoms with Crippen LogP contribution in [0, 0.1) is 12.3 Å². The molecular formula is C14H13N3O4. The second kappa shape index (κ2) is 6.96. The van der Waals surface area contributed by atoms with Crippen LogP contribution >= 0.6 is 0 Å². The molecule has 108 valence electrons. The van der Waals surface area contributed by atoms with Crippen LogP contribution in [0.15, 0.2) is 35.0 Å². The standard InChI is InChI=1S/C14H13N3O4/c1-2-6-15-13(18)10-20-14(19)12-5-4-11(21-12)9-17-8-3-7-16-17/h1,3-5,7-8H,6,9-10H2,(H,15,18). The molecule has 0 aliphatic heterocycles. The lowest BCUT2D eigenvalue weighted by Gasteiger charge is -2.02. The number of ether oxygens (including phenoxy) is 1. The summed E-state index contributed by atoms with van der Waals surface area (Å²) in [7, 11) is 0. The minimum absolute atomic E-state index is 0.0295. The first-order valence-corrected chi connectivity index (χ1v) is 6.12. The van der Waals surface area contributed by atoms with E-state index in [1.165, 1.54) is 6.07 Å². The maximum absolute atomic E-state index is 11.7. The third-order valence-corrected chi connectivity index (χ3v) is 2.46. The van der Waals surface area contributed by atoms with Crippen molar-refractivity contribution in [1.82, 2.24) is 15.1 Å². The van der Waals surface area contributed by atoms with Crippen molar-refractivity contribution in [2.75, 3.05) is 13.2 Å². The van der Waals surface area contributed by atoms with Gasteiger partial charge >= 0.3 is 5.97 Å². The van der Waals surface area contributed by atoms with Crippen molar-refractivity contribution in [1.29, 1.82) is 0 Å². The van der Waals surface area contributed by atoms with E-state index in [1.54, 1.807) is 29.2 Å². The van der Waals surface area contributed by atoms with Crippen LogP contribution in [0.1, 0.15) is 16.3 Å². The highest BCUT2D eigenvalue weighted by atomic mass is 16.5. The smallest absolute Gasteiger partial charge is 0.374 e. The van der Waals surface area contributed by atoms with Gasteiger partial charge in [-0.15, -0.1) is 6.42 Å². The lowest BCUT2D eigenvalue weighted by Crippen LogP contribution is -2.28. The van der Waals surface area contributed by atoms with Gasteiger partial charge in [0.1, 0.15) is 5.76 Å². The monoisotopic (exact) mass is 287 g/mol. The number of nitrogens with one attached hydrogen (secondary N) is 1. The molecule has 0 saturated carbocycles. The molecular weight excluding hydrogens is 274 g/mol. The zero-order valence-electron chi connectivity index (χ0n) is 11.1. The van der Waals surface area contributed by atoms with Crippen molar-refractivity contribution in [2.24, 2.45) is 0 Å². The van der Waals surface area contributed by atoms with Crippen LogP contribution in [0.2, 0.25) is 0 Å². The molecule has 0 spiro atoms. The first-order chi connectivity index (χ1) is 10.2. The molecule has 0 unspecified atom stereocenters. The van der Waals surface area contributed by atoms with Crippen LogP contribution < -0.4 is 5.32 Å². The van der Waals surface area contributed by atoms with Gasteiger partial charge in [0.05, 0.1) is 13.1 Å². The highest BCUT2D eigenvalue weighted by molar-refractivity contribution is 5.88. The zero-order chi connectivity index (χ0) is 15.1. The summed E-state index contributed by atoms with van der Waals surface area (Å²) in [5.74, 6) is 1.65. The number of carbonyl (C=O) groups excluding carboxylic acids is 2. The topological polar surface area (TPSA) is 86.4 Å². The number of rotatable bonds is 6. The van der Waals surface area contributed by atoms with E-state index in [-0.39, 0.29) is 12.3 Å². The fourth-order valence-electron chi connectivity index (χ4n) is 1.53. The van der Waals surface area contributed by atoms with Crippen LogP contribution in [-0.2, 0) is 16.1 Å². The van der Waals surface area contributed by atoms with Gasteiger partial charge in [0, 0.05) is 12.4 Å². The van der Waals surface area contributed by atoms with E-state index in [2.05, 4.69) is 16.3 Å². The van der Waals surface area contributed by atoms with E-state index in [0.29, 0.717) is 12.3 Å². The molecule has 2 aromatic rings. The predicted octanol–water partition coefficient (Wildman–Crippen LogP) is 0.431. The van der Waals surface area contributed by atoms with Crippen LogP contribution in [0.3, 0.4) is 0 Å². The van der Waals surface area contributed by atoms with Crippen LogP contribution in [0.25, 0.3) is 0 Å². The molecule has 1 amide bonds. The summed E-state index contributed by atoms with van der Waals surface area (Å²) in [5, 5.41) is 6.40. The fraction of sp³-hybridized carbons (Fsp3) is 0.214. The molecule has 0 aromatic carbocycles. The average Bonchev–Trinajstić information content (AvgIpc) is 3.14. The number of terminal acetylenes is 1. The Morgan fingerprint density at radius 2 is 2.33 bits per heavy atom. The van der Waals surface area contributed by atoms with Gasteiger partial charge < -0.3 is 14.5 Å². The minimum Gasteiger partial charge on any atom is -0.452 e. The molecule has 1 N–H and O–H groups in total. The van der Waals surface area contributed by atoms with E-state index in [4.69, 9.17) is 15.6 Å². The van der Waals surface area contributed by atoms with Crippen molar-refractivity contribution < 1.29 is 18.7 Å². The van der Waals surface area contributed by atoms with Crippen molar-refractivity contribution in [3.05, 3.63) is 42.1 Å². The van der Waals surface area contributed by atoms with Gasteiger partial charge in [0.25, 0.3) is 5.91 Å². The summed E-state index contributed by atoms with van der Waals surface area (Å²) in [6.45, 7) is 0.0871. The summed E-state index contributed by atoms with van der Waals surface area (Å²) < 4.78 is 11.8. The quantitative estimate of drug-likeness (QED) is 0.615. The Labute approximate surface area is 120 Å². The van der Waals surface area contributed by atoms with Crippen molar-refractivity contribution in [3.63, 3.8) is 0 Å². The van der Waals surface area contributed by atoms with Gasteiger partial charge in [0.2, 0.25) is 5.76 Å². The third kappa shape index (κ3) is 4.24. The average molecular weight is 287 g/mol. The van der Waals surface area contributed by atoms with E-state index in [0.717, 1.165) is 0 Å². The number of carbonyl (C=O) groups is 2. The number of amides is 1. The molecule has 0 saturated heterocycles. The molecule has 7 heteroatoms. The highest BCUT2D eigenvalue weighted by Gasteiger charge is 2.14. The molecule has 2 heterocycles. The molecule has 7 nitrogen and oxygen atoms in total. The maximum Gasteiger partial charge on any atom is 0.374 e. The van der Waals surface area contributed by atoms with Gasteiger partial charge in [-0.1, -0.05) is 5.92 Å². The number of hydrogen-bond donors (Lipinski definition) is 1. The molecule has 0 fully saturated rings. The largest absolute Gasteiger partial charge is 0.452 e. The number of hydrogen-bond acceptors (Lipinski definition) is 5. The fourth-order valence-corrected chi connectivity index (χ4v) is 1.53. The number of esters is 1. The lowest BCUT2D eigenvalue weighted by atomic mass is 10.4. The number of nitrogens with zero attached hydrogens (tertiary/aromatic N) is 2. The van der Waals surface area contributed by atoms with Crippen molar-refractivity contribution >= 4 is 11.9 Å². The number of furan rings is 1. The van der Waals surface area contributed by atoms with Crippen molar-refractivity contribution in [2.45, 2.75) is 6.54 Å². The zero-order valence-corrected chi connectivity index (χ0v) is 11.1. The van der Waals surface area contributed by atoms with Crippen LogP contribution in [0.4, 0.5) is 0 Å². The lowest BCUT2D eigenvalue weighted by molar-refractivity contribution is -0.124. The molecule has 2 rings (SSSR count). The van der Waals surface area contributed by atoms with Gasteiger partial charge in [0.15, 0.2) is 6.61 Å². The maximum atomic E-state index is 11.7. The van der Waals surface area contributed by atoms with E-state index in [1.807, 2.05) is 0 Å². The first-order valence-electron chi connectivity index (χ1n) is 6.12. The minimum atomic E-state index is -0.711. The summed E-state index contributed by atoms with van der Waals surface area (Å²) in [6, 6.07) is 4.92. The highest BCUT2D eigenvalue weighted by Crippen LogP contribution is 2.10. The molecule has 21 heavy (non-hydrogen) atoms. The molecule has 0 bridgehead atoms. The third-order valence-electron chi connectivity index (χ3n) is 2.46. The summed E-state index contributed by atoms with van der Waals surface area (Å²) in [5.41, 5.74) is 0. The molecule has 0 aliphatic rings. The predicted molar refractivity (Wildman–Crippen MR) is 72.2 cm³/mol. The Hall–Kier alpha value is -3.01. The summed E-state index contributed by atoms with van der Waals surface area (Å²) in [4.78, 5) is 22.9. The normalized spacial score (nSPS) is 9.86.